The van der Waals surface area contributed by atoms with E-state index in [4.69, 9.17) is 0 Å². The summed E-state index contributed by atoms with van der Waals surface area (Å²) in [5.74, 6) is 1.51. The van der Waals surface area contributed by atoms with Crippen molar-refractivity contribution in [3.05, 3.63) is 0 Å². The van der Waals surface area contributed by atoms with Crippen LogP contribution in [-0.2, 0) is 4.79 Å². The Morgan fingerprint density at radius 1 is 1.35 bits per heavy atom. The lowest BCUT2D eigenvalue weighted by Crippen LogP contribution is -2.46. The van der Waals surface area contributed by atoms with Gasteiger partial charge in [0, 0.05) is 6.04 Å². The third kappa shape index (κ3) is 2.61. The van der Waals surface area contributed by atoms with Gasteiger partial charge in [-0.15, -0.1) is 0 Å². The molecule has 2 rings (SSSR count). The van der Waals surface area contributed by atoms with Crippen LogP contribution in [0.1, 0.15) is 52.9 Å². The van der Waals surface area contributed by atoms with E-state index >= 15 is 0 Å². The summed E-state index contributed by atoms with van der Waals surface area (Å²) in [6.07, 6.45) is 5.33. The fourth-order valence-electron chi connectivity index (χ4n) is 2.73. The highest BCUT2D eigenvalue weighted by molar-refractivity contribution is 6.09. The second-order valence-electron chi connectivity index (χ2n) is 5.77. The number of carbonyl (C=O) groups excluding carboxylic acids is 1. The van der Waals surface area contributed by atoms with Gasteiger partial charge in [-0.25, -0.2) is 0 Å². The molecule has 4 nitrogen and oxygen atoms in total. The molecule has 1 aliphatic heterocycles. The lowest BCUT2D eigenvalue weighted by atomic mass is 9.90. The fraction of sp³-hybridized carbons (Fsp3) is 0.846. The van der Waals surface area contributed by atoms with E-state index in [1.54, 1.807) is 0 Å². The number of carbonyl (C=O) groups is 1. The number of guanidine groups is 1. The number of rotatable bonds is 1. The van der Waals surface area contributed by atoms with Crippen LogP contribution >= 0.6 is 0 Å². The van der Waals surface area contributed by atoms with Crippen LogP contribution in [0.25, 0.3) is 0 Å². The van der Waals surface area contributed by atoms with Gasteiger partial charge in [0.1, 0.15) is 5.54 Å². The Morgan fingerprint density at radius 3 is 2.82 bits per heavy atom. The monoisotopic (exact) mass is 237 g/mol. The maximum absolute atomic E-state index is 12.1. The second kappa shape index (κ2) is 4.67. The van der Waals surface area contributed by atoms with Gasteiger partial charge in [-0.3, -0.25) is 15.1 Å². The fourth-order valence-corrected chi connectivity index (χ4v) is 2.73. The molecule has 4 heteroatoms. The van der Waals surface area contributed by atoms with Crippen molar-refractivity contribution in [2.24, 2.45) is 10.9 Å². The maximum Gasteiger partial charge on any atom is 0.252 e. The lowest BCUT2D eigenvalue weighted by molar-refractivity contribution is -0.124. The van der Waals surface area contributed by atoms with Gasteiger partial charge >= 0.3 is 0 Å². The van der Waals surface area contributed by atoms with Crippen molar-refractivity contribution in [3.63, 3.8) is 0 Å². The van der Waals surface area contributed by atoms with Crippen LogP contribution in [0.3, 0.4) is 0 Å². The Morgan fingerprint density at radius 2 is 2.12 bits per heavy atom. The van der Waals surface area contributed by atoms with Crippen LogP contribution < -0.4 is 10.6 Å². The van der Waals surface area contributed by atoms with Crippen LogP contribution in [0.2, 0.25) is 0 Å². The molecular formula is C13H23N3O. The number of aliphatic imine (C=N–C) groups is 1. The van der Waals surface area contributed by atoms with Crippen LogP contribution in [0, 0.1) is 5.92 Å². The molecule has 2 aliphatic rings. The van der Waals surface area contributed by atoms with E-state index in [-0.39, 0.29) is 17.5 Å². The molecule has 1 spiro atoms. The first kappa shape index (κ1) is 12.4. The first-order valence-electron chi connectivity index (χ1n) is 6.69. The zero-order valence-corrected chi connectivity index (χ0v) is 11.0. The molecule has 2 unspecified atom stereocenters. The quantitative estimate of drug-likeness (QED) is 0.731. The number of amides is 1. The van der Waals surface area contributed by atoms with E-state index in [1.807, 2.05) is 13.8 Å². The Bertz CT molecular complexity index is 338. The summed E-state index contributed by atoms with van der Waals surface area (Å²) in [5.41, 5.74) is -0.377. The zero-order chi connectivity index (χ0) is 12.5. The summed E-state index contributed by atoms with van der Waals surface area (Å²) in [7, 11) is 0. The summed E-state index contributed by atoms with van der Waals surface area (Å²) in [4.78, 5) is 16.5. The smallest absolute Gasteiger partial charge is 0.252 e. The molecule has 2 fully saturated rings. The van der Waals surface area contributed by atoms with Crippen molar-refractivity contribution < 1.29 is 4.79 Å². The number of hydrogen-bond acceptors (Lipinski definition) is 2. The molecular weight excluding hydrogens is 214 g/mol. The molecule has 0 radical (unpaired) electrons. The van der Waals surface area contributed by atoms with Crippen molar-refractivity contribution in [3.8, 4) is 0 Å². The van der Waals surface area contributed by atoms with E-state index in [0.717, 1.165) is 31.6 Å². The molecule has 1 amide bonds. The normalized spacial score (nSPS) is 36.1. The lowest BCUT2D eigenvalue weighted by Gasteiger charge is -2.24. The molecule has 17 heavy (non-hydrogen) atoms. The first-order valence-corrected chi connectivity index (χ1v) is 6.69. The Kier molecular flexibility index (Phi) is 3.40. The van der Waals surface area contributed by atoms with Crippen LogP contribution in [0.5, 0.6) is 0 Å². The SMILES string of the molecule is CC1CCCC2(CC1)NC(=NC(C)C)NC2=O. The molecule has 1 saturated heterocycles. The topological polar surface area (TPSA) is 53.5 Å². The van der Waals surface area contributed by atoms with Gasteiger partial charge in [0.15, 0.2) is 5.96 Å². The highest BCUT2D eigenvalue weighted by atomic mass is 16.2. The van der Waals surface area contributed by atoms with Gasteiger partial charge in [0.25, 0.3) is 5.91 Å². The molecule has 2 N–H and O–H groups in total. The van der Waals surface area contributed by atoms with Gasteiger partial charge < -0.3 is 5.32 Å². The summed E-state index contributed by atoms with van der Waals surface area (Å²) < 4.78 is 0. The maximum atomic E-state index is 12.1. The Hall–Kier alpha value is -1.06. The Balaban J connectivity index is 2.13. The second-order valence-corrected chi connectivity index (χ2v) is 5.77. The standard InChI is InChI=1S/C13H23N3O/c1-9(2)14-12-15-11(17)13(16-12)7-4-5-10(3)6-8-13/h9-10H,4-8H2,1-3H3,(H2,14,15,16,17). The molecule has 0 bridgehead atoms. The summed E-state index contributed by atoms with van der Waals surface area (Å²) in [5, 5.41) is 6.23. The van der Waals surface area contributed by atoms with E-state index in [1.165, 1.54) is 6.42 Å². The summed E-state index contributed by atoms with van der Waals surface area (Å²) in [6, 6.07) is 0.206. The van der Waals surface area contributed by atoms with E-state index in [2.05, 4.69) is 22.5 Å². The van der Waals surface area contributed by atoms with Crippen molar-refractivity contribution in [1.82, 2.24) is 10.6 Å². The average Bonchev–Trinajstić information content (AvgIpc) is 2.41. The minimum absolute atomic E-state index is 0.117. The van der Waals surface area contributed by atoms with E-state index < -0.39 is 0 Å². The Labute approximate surface area is 103 Å². The molecule has 1 aliphatic carbocycles. The third-order valence-electron chi connectivity index (χ3n) is 3.78. The first-order chi connectivity index (χ1) is 8.02. The molecule has 0 aromatic heterocycles. The average molecular weight is 237 g/mol. The highest BCUT2D eigenvalue weighted by Gasteiger charge is 2.45. The van der Waals surface area contributed by atoms with Crippen molar-refractivity contribution >= 4 is 11.9 Å². The molecule has 0 aromatic rings. The van der Waals surface area contributed by atoms with Gasteiger partial charge in [0.05, 0.1) is 0 Å². The summed E-state index contributed by atoms with van der Waals surface area (Å²) >= 11 is 0. The zero-order valence-electron chi connectivity index (χ0n) is 11.0. The molecule has 96 valence electrons. The van der Waals surface area contributed by atoms with E-state index in [0.29, 0.717) is 5.96 Å². The largest absolute Gasteiger partial charge is 0.342 e. The van der Waals surface area contributed by atoms with Crippen molar-refractivity contribution in [2.75, 3.05) is 0 Å². The third-order valence-corrected chi connectivity index (χ3v) is 3.78. The number of nitrogens with one attached hydrogen (secondary N) is 2. The molecule has 0 aromatic carbocycles. The van der Waals surface area contributed by atoms with Crippen molar-refractivity contribution in [1.29, 1.82) is 0 Å². The van der Waals surface area contributed by atoms with Gasteiger partial charge in [-0.2, -0.15) is 0 Å². The van der Waals surface area contributed by atoms with Crippen LogP contribution in [0.4, 0.5) is 0 Å². The van der Waals surface area contributed by atoms with Gasteiger partial charge in [-0.1, -0.05) is 19.8 Å². The minimum Gasteiger partial charge on any atom is -0.342 e. The highest BCUT2D eigenvalue weighted by Crippen LogP contribution is 2.32. The minimum atomic E-state index is -0.377. The molecule has 1 saturated carbocycles. The number of nitrogens with zero attached hydrogens (tertiary/aromatic N) is 1. The van der Waals surface area contributed by atoms with Crippen LogP contribution in [0.15, 0.2) is 4.99 Å². The predicted octanol–water partition coefficient (Wildman–Crippen LogP) is 1.81. The van der Waals surface area contributed by atoms with E-state index in [9.17, 15) is 4.79 Å². The summed E-state index contributed by atoms with van der Waals surface area (Å²) in [6.45, 7) is 6.30. The van der Waals surface area contributed by atoms with Gasteiger partial charge in [-0.05, 0) is 39.0 Å². The predicted molar refractivity (Wildman–Crippen MR) is 68.8 cm³/mol. The molecule has 1 heterocycles. The van der Waals surface area contributed by atoms with Gasteiger partial charge in [0.2, 0.25) is 0 Å². The van der Waals surface area contributed by atoms with Crippen LogP contribution in [-0.4, -0.2) is 23.4 Å². The molecule has 2 atom stereocenters. The number of hydrogen-bond donors (Lipinski definition) is 2. The van der Waals surface area contributed by atoms with Crippen molar-refractivity contribution in [2.45, 2.75) is 64.5 Å².